The van der Waals surface area contributed by atoms with Crippen LogP contribution in [-0.4, -0.2) is 59.8 Å². The average molecular weight is 440 g/mol. The van der Waals surface area contributed by atoms with Crippen molar-refractivity contribution in [2.24, 2.45) is 0 Å². The molecule has 1 saturated heterocycles. The van der Waals surface area contributed by atoms with Crippen molar-refractivity contribution < 1.29 is 32.2 Å². The number of rotatable bonds is 7. The molecule has 2 amide bonds. The standard InChI is InChI=1S/C20H23F3N4O4/c1-13(28)24-11-19(29)27-7-9-31-18(12-27)17-10-15(25-26-17)6-8-30-16-4-2-14(3-5-16)20(21,22)23/h2-5,10,18H,6-9,11-12H2,1H3,(H,24,28)(H,25,26)/t18-/m1/s1. The minimum atomic E-state index is -4.38. The van der Waals surface area contributed by atoms with Gasteiger partial charge in [0.15, 0.2) is 0 Å². The van der Waals surface area contributed by atoms with Crippen LogP contribution in [0.4, 0.5) is 13.2 Å². The van der Waals surface area contributed by atoms with E-state index in [1.165, 1.54) is 19.1 Å². The van der Waals surface area contributed by atoms with Crippen LogP contribution in [0.3, 0.4) is 0 Å². The van der Waals surface area contributed by atoms with Crippen molar-refractivity contribution in [3.8, 4) is 5.75 Å². The summed E-state index contributed by atoms with van der Waals surface area (Å²) in [4.78, 5) is 24.8. The summed E-state index contributed by atoms with van der Waals surface area (Å²) in [5.41, 5.74) is 0.684. The first-order chi connectivity index (χ1) is 14.7. The molecule has 1 atom stereocenters. The van der Waals surface area contributed by atoms with E-state index in [4.69, 9.17) is 9.47 Å². The van der Waals surface area contributed by atoms with E-state index in [0.717, 1.165) is 17.8 Å². The molecule has 0 spiro atoms. The summed E-state index contributed by atoms with van der Waals surface area (Å²) in [5, 5.41) is 9.60. The largest absolute Gasteiger partial charge is 0.493 e. The lowest BCUT2D eigenvalue weighted by molar-refractivity contribution is -0.139. The summed E-state index contributed by atoms with van der Waals surface area (Å²) in [7, 11) is 0. The van der Waals surface area contributed by atoms with Gasteiger partial charge in [-0.25, -0.2) is 0 Å². The Kier molecular flexibility index (Phi) is 7.16. The lowest BCUT2D eigenvalue weighted by Gasteiger charge is -2.32. The van der Waals surface area contributed by atoms with Crippen LogP contribution in [0, 0.1) is 0 Å². The molecule has 2 aromatic rings. The van der Waals surface area contributed by atoms with Crippen molar-refractivity contribution >= 4 is 11.8 Å². The van der Waals surface area contributed by atoms with Gasteiger partial charge in [-0.3, -0.25) is 14.7 Å². The summed E-state index contributed by atoms with van der Waals surface area (Å²) in [6.07, 6.45) is -4.31. The van der Waals surface area contributed by atoms with Crippen LogP contribution in [0.15, 0.2) is 30.3 Å². The fraction of sp³-hybridized carbons (Fsp3) is 0.450. The number of amides is 2. The molecule has 31 heavy (non-hydrogen) atoms. The zero-order chi connectivity index (χ0) is 22.4. The van der Waals surface area contributed by atoms with E-state index < -0.39 is 17.8 Å². The molecule has 0 saturated carbocycles. The summed E-state index contributed by atoms with van der Waals surface area (Å²) < 4.78 is 49.0. The third-order valence-corrected chi connectivity index (χ3v) is 4.71. The van der Waals surface area contributed by atoms with Crippen LogP contribution in [0.25, 0.3) is 0 Å². The molecule has 2 heterocycles. The molecule has 1 aromatic heterocycles. The second kappa shape index (κ2) is 9.82. The molecular formula is C20H23F3N4O4. The van der Waals surface area contributed by atoms with Gasteiger partial charge in [-0.2, -0.15) is 18.3 Å². The Morgan fingerprint density at radius 1 is 1.32 bits per heavy atom. The van der Waals surface area contributed by atoms with Gasteiger partial charge in [0.25, 0.3) is 0 Å². The highest BCUT2D eigenvalue weighted by Gasteiger charge is 2.30. The molecule has 0 aliphatic carbocycles. The SMILES string of the molecule is CC(=O)NCC(=O)N1CCO[C@@H](c2cc(CCOc3ccc(C(F)(F)F)cc3)[nH]n2)C1. The van der Waals surface area contributed by atoms with Crippen LogP contribution >= 0.6 is 0 Å². The Labute approximate surface area is 176 Å². The Morgan fingerprint density at radius 2 is 2.06 bits per heavy atom. The van der Waals surface area contributed by atoms with Crippen LogP contribution < -0.4 is 10.1 Å². The third kappa shape index (κ3) is 6.45. The van der Waals surface area contributed by atoms with E-state index in [-0.39, 0.29) is 25.0 Å². The molecule has 11 heteroatoms. The number of ether oxygens (including phenoxy) is 2. The number of carbonyl (C=O) groups is 2. The molecular weight excluding hydrogens is 417 g/mol. The normalized spacial score (nSPS) is 16.8. The summed E-state index contributed by atoms with van der Waals surface area (Å²) in [6.45, 7) is 2.66. The summed E-state index contributed by atoms with van der Waals surface area (Å²) in [5.74, 6) is -0.116. The Hall–Kier alpha value is -3.08. The minimum absolute atomic E-state index is 0.0604. The molecule has 168 valence electrons. The number of H-pyrrole nitrogens is 1. The lowest BCUT2D eigenvalue weighted by Crippen LogP contribution is -2.46. The number of nitrogens with one attached hydrogen (secondary N) is 2. The predicted molar refractivity (Wildman–Crippen MR) is 103 cm³/mol. The second-order valence-corrected chi connectivity index (χ2v) is 7.05. The van der Waals surface area contributed by atoms with E-state index in [0.29, 0.717) is 37.6 Å². The molecule has 1 fully saturated rings. The molecule has 0 unspecified atom stereocenters. The van der Waals surface area contributed by atoms with Crippen LogP contribution in [-0.2, 0) is 26.9 Å². The van der Waals surface area contributed by atoms with Crippen molar-refractivity contribution in [2.75, 3.05) is 32.8 Å². The zero-order valence-corrected chi connectivity index (χ0v) is 16.9. The van der Waals surface area contributed by atoms with Gasteiger partial charge in [0.05, 0.1) is 37.6 Å². The van der Waals surface area contributed by atoms with Crippen molar-refractivity contribution in [1.29, 1.82) is 0 Å². The second-order valence-electron chi connectivity index (χ2n) is 7.05. The molecule has 1 aromatic carbocycles. The Morgan fingerprint density at radius 3 is 2.74 bits per heavy atom. The third-order valence-electron chi connectivity index (χ3n) is 4.71. The summed E-state index contributed by atoms with van der Waals surface area (Å²) >= 11 is 0. The monoisotopic (exact) mass is 440 g/mol. The van der Waals surface area contributed by atoms with E-state index in [1.54, 1.807) is 4.90 Å². The Balaban J connectivity index is 1.48. The molecule has 8 nitrogen and oxygen atoms in total. The highest BCUT2D eigenvalue weighted by molar-refractivity contribution is 5.83. The van der Waals surface area contributed by atoms with Gasteiger partial charge < -0.3 is 19.7 Å². The maximum absolute atomic E-state index is 12.6. The number of aromatic nitrogens is 2. The number of hydrogen-bond acceptors (Lipinski definition) is 5. The van der Waals surface area contributed by atoms with Gasteiger partial charge >= 0.3 is 6.18 Å². The highest BCUT2D eigenvalue weighted by Crippen LogP contribution is 2.30. The number of halogens is 3. The van der Waals surface area contributed by atoms with Crippen molar-refractivity contribution in [1.82, 2.24) is 20.4 Å². The van der Waals surface area contributed by atoms with E-state index in [1.807, 2.05) is 6.07 Å². The number of aromatic amines is 1. The van der Waals surface area contributed by atoms with Crippen LogP contribution in [0.5, 0.6) is 5.75 Å². The number of alkyl halides is 3. The predicted octanol–water partition coefficient (Wildman–Crippen LogP) is 2.09. The van der Waals surface area contributed by atoms with Crippen LogP contribution in [0.1, 0.15) is 30.0 Å². The molecule has 1 aliphatic heterocycles. The van der Waals surface area contributed by atoms with Crippen LogP contribution in [0.2, 0.25) is 0 Å². The van der Waals surface area contributed by atoms with Crippen molar-refractivity contribution in [2.45, 2.75) is 25.6 Å². The topological polar surface area (TPSA) is 96.5 Å². The first-order valence-corrected chi connectivity index (χ1v) is 9.70. The fourth-order valence-electron chi connectivity index (χ4n) is 3.06. The minimum Gasteiger partial charge on any atom is -0.493 e. The molecule has 1 aliphatic rings. The number of nitrogens with zero attached hydrogens (tertiary/aromatic N) is 2. The van der Waals surface area contributed by atoms with E-state index >= 15 is 0 Å². The van der Waals surface area contributed by atoms with Crippen molar-refractivity contribution in [3.05, 3.63) is 47.3 Å². The molecule has 3 rings (SSSR count). The molecule has 0 radical (unpaired) electrons. The Bertz CT molecular complexity index is 899. The molecule has 2 N–H and O–H groups in total. The van der Waals surface area contributed by atoms with Gasteiger partial charge in [-0.15, -0.1) is 0 Å². The molecule has 0 bridgehead atoms. The quantitative estimate of drug-likeness (QED) is 0.687. The smallest absolute Gasteiger partial charge is 0.416 e. The maximum Gasteiger partial charge on any atom is 0.416 e. The number of benzene rings is 1. The van der Waals surface area contributed by atoms with E-state index in [9.17, 15) is 22.8 Å². The first-order valence-electron chi connectivity index (χ1n) is 9.70. The first kappa shape index (κ1) is 22.6. The highest BCUT2D eigenvalue weighted by atomic mass is 19.4. The summed E-state index contributed by atoms with van der Waals surface area (Å²) in [6, 6.07) is 6.32. The number of morpholine rings is 1. The van der Waals surface area contributed by atoms with E-state index in [2.05, 4.69) is 15.5 Å². The van der Waals surface area contributed by atoms with Gasteiger partial charge in [0.2, 0.25) is 11.8 Å². The fourth-order valence-corrected chi connectivity index (χ4v) is 3.06. The lowest BCUT2D eigenvalue weighted by atomic mass is 10.2. The van der Waals surface area contributed by atoms with Gasteiger partial charge in [-0.05, 0) is 30.3 Å². The van der Waals surface area contributed by atoms with Gasteiger partial charge in [-0.1, -0.05) is 0 Å². The zero-order valence-electron chi connectivity index (χ0n) is 16.9. The number of carbonyl (C=O) groups excluding carboxylic acids is 2. The number of hydrogen-bond donors (Lipinski definition) is 2. The van der Waals surface area contributed by atoms with Gasteiger partial charge in [0, 0.05) is 25.6 Å². The average Bonchev–Trinajstić information content (AvgIpc) is 3.21. The van der Waals surface area contributed by atoms with Gasteiger partial charge in [0.1, 0.15) is 11.9 Å². The van der Waals surface area contributed by atoms with Crippen molar-refractivity contribution in [3.63, 3.8) is 0 Å². The maximum atomic E-state index is 12.6.